The lowest BCUT2D eigenvalue weighted by atomic mass is 9.95. The molecule has 1 fully saturated rings. The maximum absolute atomic E-state index is 13.4. The van der Waals surface area contributed by atoms with Gasteiger partial charge in [0.2, 0.25) is 0 Å². The second-order valence-corrected chi connectivity index (χ2v) is 9.48. The van der Waals surface area contributed by atoms with E-state index in [0.29, 0.717) is 35.7 Å². The Balaban J connectivity index is 1.74. The molecule has 0 bridgehead atoms. The number of carbonyl (C=O) groups is 2. The number of likely N-dealkylation sites (tertiary alicyclic amines) is 1. The fourth-order valence-electron chi connectivity index (χ4n) is 4.47. The van der Waals surface area contributed by atoms with E-state index < -0.39 is 17.7 Å². The van der Waals surface area contributed by atoms with Crippen molar-refractivity contribution >= 4 is 17.4 Å². The number of aliphatic hydroxyl groups excluding tert-OH is 1. The number of aliphatic hydroxyl groups is 1. The number of benzene rings is 3. The first-order valence-corrected chi connectivity index (χ1v) is 12.8. The molecule has 0 aromatic heterocycles. The molecular formula is C31H32FNO5. The van der Waals surface area contributed by atoms with Gasteiger partial charge < -0.3 is 19.5 Å². The van der Waals surface area contributed by atoms with Gasteiger partial charge in [0.05, 0.1) is 24.3 Å². The monoisotopic (exact) mass is 517 g/mol. The van der Waals surface area contributed by atoms with E-state index in [-0.39, 0.29) is 29.8 Å². The van der Waals surface area contributed by atoms with Crippen molar-refractivity contribution in [2.75, 3.05) is 13.2 Å². The number of nitrogens with zero attached hydrogens (tertiary/aromatic N) is 1. The molecule has 4 rings (SSSR count). The third kappa shape index (κ3) is 6.05. The van der Waals surface area contributed by atoms with Crippen LogP contribution < -0.4 is 9.47 Å². The topological polar surface area (TPSA) is 76.1 Å². The largest absolute Gasteiger partial charge is 0.507 e. The van der Waals surface area contributed by atoms with Crippen LogP contribution in [0.4, 0.5) is 4.39 Å². The van der Waals surface area contributed by atoms with Gasteiger partial charge in [-0.2, -0.15) is 0 Å². The molecule has 38 heavy (non-hydrogen) atoms. The van der Waals surface area contributed by atoms with Crippen molar-refractivity contribution < 1.29 is 28.6 Å². The molecule has 0 radical (unpaired) electrons. The molecule has 6 nitrogen and oxygen atoms in total. The van der Waals surface area contributed by atoms with E-state index in [0.717, 1.165) is 12.0 Å². The summed E-state index contributed by atoms with van der Waals surface area (Å²) in [5.41, 5.74) is 1.89. The summed E-state index contributed by atoms with van der Waals surface area (Å²) in [7, 11) is 0. The summed E-state index contributed by atoms with van der Waals surface area (Å²) >= 11 is 0. The minimum absolute atomic E-state index is 0.0121. The zero-order valence-electron chi connectivity index (χ0n) is 21.8. The van der Waals surface area contributed by atoms with Crippen molar-refractivity contribution in [3.8, 4) is 11.5 Å². The number of amides is 1. The van der Waals surface area contributed by atoms with Gasteiger partial charge in [-0.1, -0.05) is 31.2 Å². The Labute approximate surface area is 222 Å². The van der Waals surface area contributed by atoms with Crippen LogP contribution >= 0.6 is 0 Å². The van der Waals surface area contributed by atoms with Crippen LogP contribution in [-0.2, 0) is 16.0 Å². The number of carbonyl (C=O) groups excluding carboxylic acids is 2. The quantitative estimate of drug-likeness (QED) is 0.201. The van der Waals surface area contributed by atoms with Crippen molar-refractivity contribution in [3.05, 3.63) is 101 Å². The highest BCUT2D eigenvalue weighted by molar-refractivity contribution is 6.46. The van der Waals surface area contributed by atoms with Crippen LogP contribution in [-0.4, -0.2) is 41.0 Å². The van der Waals surface area contributed by atoms with Crippen molar-refractivity contribution in [1.29, 1.82) is 0 Å². The van der Waals surface area contributed by atoms with E-state index in [4.69, 9.17) is 9.47 Å². The van der Waals surface area contributed by atoms with Crippen molar-refractivity contribution in [2.45, 2.75) is 45.8 Å². The Bertz CT molecular complexity index is 1310. The molecule has 1 unspecified atom stereocenters. The minimum Gasteiger partial charge on any atom is -0.507 e. The van der Waals surface area contributed by atoms with Gasteiger partial charge in [0, 0.05) is 12.1 Å². The number of hydrogen-bond donors (Lipinski definition) is 1. The number of halogens is 1. The van der Waals surface area contributed by atoms with Gasteiger partial charge in [-0.15, -0.1) is 0 Å². The molecule has 1 atom stereocenters. The standard InChI is InChI=1S/C31H32FNO5/c1-4-18-37-25-14-10-22(11-15-25)29(34)27-28(23-6-5-7-26(19-23)38-20(2)3)33(31(36)30(27)35)17-16-21-8-12-24(32)13-9-21/h5-15,19-20,28,34H,4,16-18H2,1-3H3/b29-27-. The van der Waals surface area contributed by atoms with Gasteiger partial charge in [0.1, 0.15) is 23.1 Å². The van der Waals surface area contributed by atoms with E-state index in [9.17, 15) is 19.1 Å². The Morgan fingerprint density at radius 2 is 1.71 bits per heavy atom. The van der Waals surface area contributed by atoms with Gasteiger partial charge in [-0.3, -0.25) is 9.59 Å². The van der Waals surface area contributed by atoms with Crippen LogP contribution in [0.15, 0.2) is 78.4 Å². The molecule has 7 heteroatoms. The van der Waals surface area contributed by atoms with E-state index in [2.05, 4.69) is 0 Å². The van der Waals surface area contributed by atoms with E-state index in [1.807, 2.05) is 32.9 Å². The summed E-state index contributed by atoms with van der Waals surface area (Å²) < 4.78 is 24.9. The van der Waals surface area contributed by atoms with E-state index in [1.54, 1.807) is 48.5 Å². The lowest BCUT2D eigenvalue weighted by Crippen LogP contribution is -2.31. The fourth-order valence-corrected chi connectivity index (χ4v) is 4.47. The molecule has 1 amide bonds. The van der Waals surface area contributed by atoms with Crippen LogP contribution in [0.25, 0.3) is 5.76 Å². The predicted molar refractivity (Wildman–Crippen MR) is 144 cm³/mol. The summed E-state index contributed by atoms with van der Waals surface area (Å²) in [6.45, 7) is 6.61. The third-order valence-corrected chi connectivity index (χ3v) is 6.24. The molecule has 1 heterocycles. The van der Waals surface area contributed by atoms with E-state index >= 15 is 0 Å². The summed E-state index contributed by atoms with van der Waals surface area (Å²) in [6.07, 6.45) is 1.21. The average Bonchev–Trinajstić information content (AvgIpc) is 3.16. The second kappa shape index (κ2) is 11.9. The maximum Gasteiger partial charge on any atom is 0.295 e. The Morgan fingerprint density at radius 1 is 1.00 bits per heavy atom. The number of hydrogen-bond acceptors (Lipinski definition) is 5. The first-order valence-electron chi connectivity index (χ1n) is 12.8. The molecule has 3 aromatic rings. The van der Waals surface area contributed by atoms with Crippen LogP contribution in [0.3, 0.4) is 0 Å². The highest BCUT2D eigenvalue weighted by Crippen LogP contribution is 2.40. The zero-order chi connectivity index (χ0) is 27.2. The first kappa shape index (κ1) is 26.9. The molecule has 0 aliphatic carbocycles. The predicted octanol–water partition coefficient (Wildman–Crippen LogP) is 6.07. The Hall–Kier alpha value is -4.13. The molecule has 0 saturated carbocycles. The zero-order valence-corrected chi connectivity index (χ0v) is 21.8. The lowest BCUT2D eigenvalue weighted by Gasteiger charge is -2.26. The van der Waals surface area contributed by atoms with Gasteiger partial charge >= 0.3 is 0 Å². The lowest BCUT2D eigenvalue weighted by molar-refractivity contribution is -0.139. The Kier molecular flexibility index (Phi) is 8.46. The number of ketones is 1. The van der Waals surface area contributed by atoms with Crippen LogP contribution in [0, 0.1) is 5.82 Å². The maximum atomic E-state index is 13.4. The smallest absolute Gasteiger partial charge is 0.295 e. The minimum atomic E-state index is -0.817. The van der Waals surface area contributed by atoms with Crippen LogP contribution in [0.2, 0.25) is 0 Å². The van der Waals surface area contributed by atoms with Crippen LogP contribution in [0.1, 0.15) is 49.9 Å². The van der Waals surface area contributed by atoms with Crippen molar-refractivity contribution in [2.24, 2.45) is 0 Å². The van der Waals surface area contributed by atoms with Gasteiger partial charge in [0.25, 0.3) is 11.7 Å². The molecule has 198 valence electrons. The normalized spacial score (nSPS) is 16.8. The Morgan fingerprint density at radius 3 is 2.37 bits per heavy atom. The highest BCUT2D eigenvalue weighted by Gasteiger charge is 2.46. The van der Waals surface area contributed by atoms with E-state index in [1.165, 1.54) is 17.0 Å². The number of ether oxygens (including phenoxy) is 2. The SMILES string of the molecule is CCCOc1ccc(/C(O)=C2/C(=O)C(=O)N(CCc3ccc(F)cc3)C2c2cccc(OC(C)C)c2)cc1. The van der Waals surface area contributed by atoms with Crippen molar-refractivity contribution in [1.82, 2.24) is 4.90 Å². The fraction of sp³-hybridized carbons (Fsp3) is 0.290. The molecule has 1 saturated heterocycles. The summed E-state index contributed by atoms with van der Waals surface area (Å²) in [5.74, 6) is -0.806. The summed E-state index contributed by atoms with van der Waals surface area (Å²) in [6, 6.07) is 19.2. The summed E-state index contributed by atoms with van der Waals surface area (Å²) in [5, 5.41) is 11.3. The van der Waals surface area contributed by atoms with Gasteiger partial charge in [-0.25, -0.2) is 4.39 Å². The summed E-state index contributed by atoms with van der Waals surface area (Å²) in [4.78, 5) is 28.1. The highest BCUT2D eigenvalue weighted by atomic mass is 19.1. The number of rotatable bonds is 10. The molecule has 1 aliphatic heterocycles. The number of Topliss-reactive ketones (excluding diaryl/α,β-unsaturated/α-hetero) is 1. The van der Waals surface area contributed by atoms with Crippen LogP contribution in [0.5, 0.6) is 11.5 Å². The van der Waals surface area contributed by atoms with Gasteiger partial charge in [0.15, 0.2) is 0 Å². The average molecular weight is 518 g/mol. The molecular weight excluding hydrogens is 485 g/mol. The molecule has 0 spiro atoms. The first-order chi connectivity index (χ1) is 18.3. The third-order valence-electron chi connectivity index (χ3n) is 6.24. The second-order valence-electron chi connectivity index (χ2n) is 9.48. The van der Waals surface area contributed by atoms with Gasteiger partial charge in [-0.05, 0) is 86.3 Å². The molecule has 1 N–H and O–H groups in total. The van der Waals surface area contributed by atoms with Crippen molar-refractivity contribution in [3.63, 3.8) is 0 Å². The molecule has 3 aromatic carbocycles. The molecule has 1 aliphatic rings.